The van der Waals surface area contributed by atoms with Crippen molar-refractivity contribution in [1.29, 1.82) is 0 Å². The predicted molar refractivity (Wildman–Crippen MR) is 184 cm³/mol. The van der Waals surface area contributed by atoms with Crippen LogP contribution in [0.3, 0.4) is 0 Å². The number of hydrogen-bond acceptors (Lipinski definition) is 4. The first-order chi connectivity index (χ1) is 18.4. The van der Waals surface area contributed by atoms with Crippen molar-refractivity contribution in [3.63, 3.8) is 0 Å². The minimum Gasteiger partial charge on any atom is -0.175 e. The molecule has 0 N–H and O–H groups in total. The van der Waals surface area contributed by atoms with Crippen molar-refractivity contribution < 1.29 is 0 Å². The predicted octanol–water partition coefficient (Wildman–Crippen LogP) is 11.1. The van der Waals surface area contributed by atoms with Gasteiger partial charge in [-0.15, -0.1) is 0 Å². The summed E-state index contributed by atoms with van der Waals surface area (Å²) in [4.78, 5) is 0. The molecule has 6 unspecified atom stereocenters. The van der Waals surface area contributed by atoms with Crippen LogP contribution in [0.25, 0.3) is 0 Å². The zero-order valence-corrected chi connectivity index (χ0v) is 27.7. The van der Waals surface area contributed by atoms with Crippen LogP contribution in [0, 0.1) is 22.8 Å². The number of thiol groups is 4. The highest BCUT2D eigenvalue weighted by Gasteiger charge is 2.54. The Morgan fingerprint density at radius 1 is 0.763 bits per heavy atom. The van der Waals surface area contributed by atoms with Gasteiger partial charge in [-0.05, 0) is 54.6 Å². The molecule has 0 heterocycles. The molecule has 0 spiro atoms. The highest BCUT2D eigenvalue weighted by Crippen LogP contribution is 2.58. The first-order valence-corrected chi connectivity index (χ1v) is 16.9. The van der Waals surface area contributed by atoms with Crippen LogP contribution in [0.1, 0.15) is 109 Å². The molecule has 0 saturated heterocycles. The lowest BCUT2D eigenvalue weighted by atomic mass is 9.58. The highest BCUT2D eigenvalue weighted by molar-refractivity contribution is 7.87. The average Bonchev–Trinajstić information content (AvgIpc) is 2.96. The van der Waals surface area contributed by atoms with Crippen LogP contribution in [0.5, 0.6) is 0 Å². The fraction of sp³-hybridized carbons (Fsp3) is 0.588. The molecular formula is C34H52S4. The van der Waals surface area contributed by atoms with Gasteiger partial charge in [0.1, 0.15) is 0 Å². The van der Waals surface area contributed by atoms with Crippen LogP contribution in [-0.2, 0) is 5.41 Å². The van der Waals surface area contributed by atoms with Gasteiger partial charge in [0.25, 0.3) is 0 Å². The van der Waals surface area contributed by atoms with Gasteiger partial charge in [0.15, 0.2) is 0 Å². The fourth-order valence-electron chi connectivity index (χ4n) is 6.30. The Morgan fingerprint density at radius 2 is 1.29 bits per heavy atom. The van der Waals surface area contributed by atoms with Crippen molar-refractivity contribution in [3.8, 4) is 0 Å². The minimum atomic E-state index is -0.383. The minimum absolute atomic E-state index is 0.0830. The van der Waals surface area contributed by atoms with Crippen molar-refractivity contribution in [2.24, 2.45) is 11.8 Å². The Labute approximate surface area is 257 Å². The average molecular weight is 589 g/mol. The van der Waals surface area contributed by atoms with E-state index in [-0.39, 0.29) is 21.8 Å². The van der Waals surface area contributed by atoms with E-state index in [1.165, 1.54) is 54.9 Å². The zero-order chi connectivity index (χ0) is 28.0. The van der Waals surface area contributed by atoms with Crippen LogP contribution < -0.4 is 0 Å². The van der Waals surface area contributed by atoms with Crippen LogP contribution in [0.4, 0.5) is 0 Å². The van der Waals surface area contributed by atoms with E-state index in [1.54, 1.807) is 0 Å². The van der Waals surface area contributed by atoms with E-state index in [4.69, 9.17) is 37.9 Å². The van der Waals surface area contributed by atoms with E-state index in [1.807, 2.05) is 5.75 Å². The number of hydrogen-bond donors (Lipinski definition) is 4. The Morgan fingerprint density at radius 3 is 1.79 bits per heavy atom. The van der Waals surface area contributed by atoms with Gasteiger partial charge in [-0.25, -0.2) is 0 Å². The molecule has 0 saturated carbocycles. The molecular weight excluding hydrogens is 537 g/mol. The molecule has 2 rings (SSSR count). The van der Waals surface area contributed by atoms with Crippen molar-refractivity contribution in [1.82, 2.24) is 0 Å². The summed E-state index contributed by atoms with van der Waals surface area (Å²) in [5, 5.41) is 1.38. The van der Waals surface area contributed by atoms with Crippen LogP contribution in [-0.4, -0.2) is 10.5 Å². The molecule has 0 fully saturated rings. The summed E-state index contributed by atoms with van der Waals surface area (Å²) < 4.78 is 0. The zero-order valence-electron chi connectivity index (χ0n) is 24.1. The van der Waals surface area contributed by atoms with Gasteiger partial charge in [0.05, 0.1) is 5.25 Å². The molecule has 0 aliphatic carbocycles. The van der Waals surface area contributed by atoms with E-state index in [0.29, 0.717) is 11.8 Å². The molecule has 2 radical (unpaired) electrons. The lowest BCUT2D eigenvalue weighted by Crippen LogP contribution is -2.52. The standard InChI is InChI=1S/C34H52S4/c1-5-9-18-26(7-3)31(36)33(38)34(29-22-15-12-16-23-29,32(37)27(8-4)19-10-6-2)30(24-17-25-35)28-20-13-11-14-21-28/h11-16,20-23,25-27,30-32,35-38H,5-10,17-19,24H2,1-4H3. The van der Waals surface area contributed by atoms with Gasteiger partial charge in [0, 0.05) is 21.7 Å². The summed E-state index contributed by atoms with van der Waals surface area (Å²) in [6.45, 7) is 9.22. The fourth-order valence-corrected chi connectivity index (χ4v) is 8.58. The maximum absolute atomic E-state index is 5.65. The SMILES string of the molecule is CCCCC(CC)C(S)[C](S)C(c1ccccc1)(C(CC[CH]S)c1ccccc1)C(S)C(CC)CCCC. The van der Waals surface area contributed by atoms with Gasteiger partial charge in [0.2, 0.25) is 0 Å². The van der Waals surface area contributed by atoms with E-state index >= 15 is 0 Å². The number of unbranched alkanes of at least 4 members (excludes halogenated alkanes) is 2. The molecule has 4 heteroatoms. The monoisotopic (exact) mass is 588 g/mol. The van der Waals surface area contributed by atoms with Gasteiger partial charge in [-0.2, -0.15) is 50.5 Å². The van der Waals surface area contributed by atoms with E-state index in [0.717, 1.165) is 25.7 Å². The third kappa shape index (κ3) is 8.43. The third-order valence-electron chi connectivity index (χ3n) is 8.56. The summed E-state index contributed by atoms with van der Waals surface area (Å²) in [6.07, 6.45) is 11.3. The molecule has 2 aromatic rings. The van der Waals surface area contributed by atoms with Crippen molar-refractivity contribution in [3.05, 3.63) is 82.8 Å². The molecule has 212 valence electrons. The van der Waals surface area contributed by atoms with E-state index < -0.39 is 0 Å². The highest BCUT2D eigenvalue weighted by atomic mass is 32.1. The number of benzene rings is 2. The van der Waals surface area contributed by atoms with Crippen molar-refractivity contribution in [2.45, 2.75) is 114 Å². The Kier molecular flexibility index (Phi) is 16.4. The molecule has 0 nitrogen and oxygen atoms in total. The molecule has 0 bridgehead atoms. The molecule has 2 aromatic carbocycles. The van der Waals surface area contributed by atoms with Gasteiger partial charge < -0.3 is 0 Å². The van der Waals surface area contributed by atoms with Crippen molar-refractivity contribution in [2.75, 3.05) is 0 Å². The van der Waals surface area contributed by atoms with Gasteiger partial charge >= 0.3 is 0 Å². The third-order valence-corrected chi connectivity index (χ3v) is 11.2. The largest absolute Gasteiger partial charge is 0.175 e. The summed E-state index contributed by atoms with van der Waals surface area (Å²) >= 11 is 21.2. The van der Waals surface area contributed by atoms with Crippen LogP contribution in [0.2, 0.25) is 0 Å². The molecule has 0 aliphatic rings. The van der Waals surface area contributed by atoms with Crippen molar-refractivity contribution >= 4 is 50.5 Å². The lowest BCUT2D eigenvalue weighted by molar-refractivity contribution is 0.264. The first kappa shape index (κ1) is 34.0. The maximum Gasteiger partial charge on any atom is 0.0525 e. The second-order valence-electron chi connectivity index (χ2n) is 10.9. The first-order valence-electron chi connectivity index (χ1n) is 14.9. The van der Waals surface area contributed by atoms with Gasteiger partial charge in [-0.1, -0.05) is 127 Å². The number of rotatable bonds is 19. The Bertz CT molecular complexity index is 857. The lowest BCUT2D eigenvalue weighted by Gasteiger charge is -2.53. The second-order valence-corrected chi connectivity index (χ2v) is 12.8. The summed E-state index contributed by atoms with van der Waals surface area (Å²) in [5.41, 5.74) is 2.29. The normalized spacial score (nSPS) is 17.5. The summed E-state index contributed by atoms with van der Waals surface area (Å²) in [7, 11) is 0. The second kappa shape index (κ2) is 18.3. The topological polar surface area (TPSA) is 0 Å². The quantitative estimate of drug-likeness (QED) is 0.115. The molecule has 38 heavy (non-hydrogen) atoms. The Balaban J connectivity index is 2.86. The molecule has 0 aromatic heterocycles. The smallest absolute Gasteiger partial charge is 0.0525 e. The van der Waals surface area contributed by atoms with Crippen LogP contribution in [0.15, 0.2) is 60.7 Å². The van der Waals surface area contributed by atoms with E-state index in [2.05, 4.69) is 101 Å². The molecule has 0 aliphatic heterocycles. The van der Waals surface area contributed by atoms with Gasteiger partial charge in [-0.3, -0.25) is 0 Å². The Hall–Kier alpha value is -0.160. The summed E-state index contributed by atoms with van der Waals surface area (Å²) in [5.74, 6) is 3.18. The van der Waals surface area contributed by atoms with Crippen LogP contribution >= 0.6 is 50.5 Å². The molecule has 6 atom stereocenters. The van der Waals surface area contributed by atoms with E-state index in [9.17, 15) is 0 Å². The molecule has 0 amide bonds. The summed E-state index contributed by atoms with van der Waals surface area (Å²) in [6, 6.07) is 22.2. The maximum atomic E-state index is 5.65.